The van der Waals surface area contributed by atoms with Crippen LogP contribution in [0.2, 0.25) is 5.02 Å². The molecule has 0 aliphatic carbocycles. The Morgan fingerprint density at radius 2 is 2.00 bits per heavy atom. The van der Waals surface area contributed by atoms with Gasteiger partial charge >= 0.3 is 6.03 Å². The third kappa shape index (κ3) is 4.37. The van der Waals surface area contributed by atoms with E-state index in [0.717, 1.165) is 5.56 Å². The van der Waals surface area contributed by atoms with Gasteiger partial charge < -0.3 is 5.32 Å². The summed E-state index contributed by atoms with van der Waals surface area (Å²) in [7, 11) is 0. The molecule has 2 N–H and O–H groups in total. The first-order valence-corrected chi connectivity index (χ1v) is 6.12. The standard InChI is InChI=1S/C14H11ClFN3O/c15-11-6-8-17-13(9-11)19-14(20)18-7-5-10-1-3-12(16)4-2-10/h1-9H,(H2,17,18,19,20)/b7-5+. The third-order valence-corrected chi connectivity index (χ3v) is 2.56. The molecule has 1 heterocycles. The molecule has 0 fully saturated rings. The van der Waals surface area contributed by atoms with E-state index < -0.39 is 6.03 Å². The summed E-state index contributed by atoms with van der Waals surface area (Å²) in [4.78, 5) is 15.5. The van der Waals surface area contributed by atoms with E-state index in [1.807, 2.05) is 0 Å². The maximum absolute atomic E-state index is 12.7. The van der Waals surface area contributed by atoms with Crippen molar-refractivity contribution >= 4 is 29.5 Å². The quantitative estimate of drug-likeness (QED) is 0.906. The van der Waals surface area contributed by atoms with Crippen molar-refractivity contribution in [2.75, 3.05) is 5.32 Å². The number of aromatic nitrogens is 1. The van der Waals surface area contributed by atoms with Crippen LogP contribution in [0.1, 0.15) is 5.56 Å². The van der Waals surface area contributed by atoms with Gasteiger partial charge in [0.05, 0.1) is 0 Å². The molecule has 2 rings (SSSR count). The number of amides is 2. The Morgan fingerprint density at radius 3 is 2.70 bits per heavy atom. The molecule has 0 aliphatic heterocycles. The first-order valence-electron chi connectivity index (χ1n) is 5.75. The smallest absolute Gasteiger partial charge is 0.314 e. The lowest BCUT2D eigenvalue weighted by Crippen LogP contribution is -2.24. The van der Waals surface area contributed by atoms with Crippen LogP contribution in [0.4, 0.5) is 15.0 Å². The van der Waals surface area contributed by atoms with Crippen LogP contribution in [-0.4, -0.2) is 11.0 Å². The second-order valence-electron chi connectivity index (χ2n) is 3.84. The van der Waals surface area contributed by atoms with Crippen LogP contribution in [0.5, 0.6) is 0 Å². The van der Waals surface area contributed by atoms with Crippen LogP contribution in [0.15, 0.2) is 48.8 Å². The van der Waals surface area contributed by atoms with E-state index in [0.29, 0.717) is 10.8 Å². The van der Waals surface area contributed by atoms with Gasteiger partial charge in [0, 0.05) is 17.4 Å². The summed E-state index contributed by atoms with van der Waals surface area (Å²) in [5, 5.41) is 5.51. The molecule has 0 aliphatic rings. The normalized spacial score (nSPS) is 10.5. The van der Waals surface area contributed by atoms with Crippen molar-refractivity contribution in [1.82, 2.24) is 10.3 Å². The number of nitrogens with one attached hydrogen (secondary N) is 2. The molecule has 1 aromatic heterocycles. The molecule has 0 spiro atoms. The second kappa shape index (κ2) is 6.68. The summed E-state index contributed by atoms with van der Waals surface area (Å²) < 4.78 is 12.7. The second-order valence-corrected chi connectivity index (χ2v) is 4.28. The lowest BCUT2D eigenvalue weighted by atomic mass is 10.2. The first kappa shape index (κ1) is 14.0. The Kier molecular flexibility index (Phi) is 4.68. The molecular formula is C14H11ClFN3O. The maximum Gasteiger partial charge on any atom is 0.324 e. The number of carbonyl (C=O) groups is 1. The van der Waals surface area contributed by atoms with Crippen LogP contribution in [0, 0.1) is 5.82 Å². The Labute approximate surface area is 120 Å². The number of hydrogen-bond acceptors (Lipinski definition) is 2. The fraction of sp³-hybridized carbons (Fsp3) is 0. The molecule has 0 saturated carbocycles. The number of benzene rings is 1. The van der Waals surface area contributed by atoms with E-state index in [9.17, 15) is 9.18 Å². The van der Waals surface area contributed by atoms with Crippen molar-refractivity contribution in [3.05, 3.63) is 65.2 Å². The average Bonchev–Trinajstić information content (AvgIpc) is 2.41. The molecule has 102 valence electrons. The highest BCUT2D eigenvalue weighted by Gasteiger charge is 2.00. The number of halogens is 2. The van der Waals surface area contributed by atoms with Crippen molar-refractivity contribution < 1.29 is 9.18 Å². The highest BCUT2D eigenvalue weighted by Crippen LogP contribution is 2.11. The summed E-state index contributed by atoms with van der Waals surface area (Å²) >= 11 is 5.77. The van der Waals surface area contributed by atoms with E-state index >= 15 is 0 Å². The molecule has 0 unspecified atom stereocenters. The van der Waals surface area contributed by atoms with Gasteiger partial charge in [-0.2, -0.15) is 0 Å². The van der Waals surface area contributed by atoms with Crippen molar-refractivity contribution in [1.29, 1.82) is 0 Å². The lowest BCUT2D eigenvalue weighted by molar-refractivity contribution is 0.255. The zero-order valence-electron chi connectivity index (χ0n) is 10.3. The lowest BCUT2D eigenvalue weighted by Gasteiger charge is -2.03. The Hall–Kier alpha value is -2.40. The van der Waals surface area contributed by atoms with Crippen LogP contribution in [-0.2, 0) is 0 Å². The number of urea groups is 1. The number of anilines is 1. The summed E-state index contributed by atoms with van der Waals surface area (Å²) in [6.07, 6.45) is 4.59. The number of carbonyl (C=O) groups excluding carboxylic acids is 1. The van der Waals surface area contributed by atoms with E-state index in [-0.39, 0.29) is 5.82 Å². The molecule has 1 aromatic carbocycles. The molecule has 0 radical (unpaired) electrons. The minimum absolute atomic E-state index is 0.306. The zero-order valence-corrected chi connectivity index (χ0v) is 11.1. The minimum atomic E-state index is -0.446. The van der Waals surface area contributed by atoms with Gasteiger partial charge in [-0.3, -0.25) is 5.32 Å². The van der Waals surface area contributed by atoms with Gasteiger partial charge in [-0.05, 0) is 35.9 Å². The monoisotopic (exact) mass is 291 g/mol. The molecular weight excluding hydrogens is 281 g/mol. The summed E-state index contributed by atoms with van der Waals surface area (Å²) in [5.41, 5.74) is 0.771. The fourth-order valence-corrected chi connectivity index (χ4v) is 1.57. The summed E-state index contributed by atoms with van der Waals surface area (Å²) in [6, 6.07) is 8.58. The molecule has 0 bridgehead atoms. The molecule has 6 heteroatoms. The summed E-state index contributed by atoms with van der Waals surface area (Å²) in [6.45, 7) is 0. The van der Waals surface area contributed by atoms with Gasteiger partial charge in [-0.15, -0.1) is 0 Å². The number of pyridine rings is 1. The van der Waals surface area contributed by atoms with Crippen molar-refractivity contribution in [3.63, 3.8) is 0 Å². The molecule has 0 atom stereocenters. The van der Waals surface area contributed by atoms with Crippen LogP contribution >= 0.6 is 11.6 Å². The largest absolute Gasteiger partial charge is 0.324 e. The average molecular weight is 292 g/mol. The van der Waals surface area contributed by atoms with Gasteiger partial charge in [-0.1, -0.05) is 23.7 Å². The van der Waals surface area contributed by atoms with Crippen LogP contribution in [0.3, 0.4) is 0 Å². The molecule has 0 saturated heterocycles. The Morgan fingerprint density at radius 1 is 1.25 bits per heavy atom. The topological polar surface area (TPSA) is 54.0 Å². The first-order chi connectivity index (χ1) is 9.63. The van der Waals surface area contributed by atoms with E-state index in [2.05, 4.69) is 15.6 Å². The highest BCUT2D eigenvalue weighted by atomic mass is 35.5. The van der Waals surface area contributed by atoms with E-state index in [1.54, 1.807) is 24.3 Å². The fourth-order valence-electron chi connectivity index (χ4n) is 1.41. The number of nitrogens with zero attached hydrogens (tertiary/aromatic N) is 1. The minimum Gasteiger partial charge on any atom is -0.314 e. The van der Waals surface area contributed by atoms with E-state index in [1.165, 1.54) is 30.6 Å². The van der Waals surface area contributed by atoms with Crippen molar-refractivity contribution in [2.45, 2.75) is 0 Å². The number of rotatable bonds is 3. The molecule has 2 amide bonds. The van der Waals surface area contributed by atoms with Gasteiger partial charge in [0.25, 0.3) is 0 Å². The zero-order chi connectivity index (χ0) is 14.4. The molecule has 4 nitrogen and oxygen atoms in total. The Bertz CT molecular complexity index is 629. The summed E-state index contributed by atoms with van der Waals surface area (Å²) in [5.74, 6) is 0.0464. The maximum atomic E-state index is 12.7. The predicted molar refractivity (Wildman–Crippen MR) is 76.8 cm³/mol. The predicted octanol–water partition coefficient (Wildman–Crippen LogP) is 3.67. The SMILES string of the molecule is O=C(N/C=C/c1ccc(F)cc1)Nc1cc(Cl)ccn1. The highest BCUT2D eigenvalue weighted by molar-refractivity contribution is 6.30. The van der Waals surface area contributed by atoms with Crippen LogP contribution in [0.25, 0.3) is 6.08 Å². The van der Waals surface area contributed by atoms with Crippen LogP contribution < -0.4 is 10.6 Å². The van der Waals surface area contributed by atoms with Gasteiger partial charge in [0.15, 0.2) is 0 Å². The third-order valence-electron chi connectivity index (χ3n) is 2.32. The van der Waals surface area contributed by atoms with Gasteiger partial charge in [0.1, 0.15) is 11.6 Å². The number of hydrogen-bond donors (Lipinski definition) is 2. The van der Waals surface area contributed by atoms with E-state index in [4.69, 9.17) is 11.6 Å². The molecule has 2 aromatic rings. The van der Waals surface area contributed by atoms with Crippen molar-refractivity contribution in [2.24, 2.45) is 0 Å². The van der Waals surface area contributed by atoms with Gasteiger partial charge in [0.2, 0.25) is 0 Å². The van der Waals surface area contributed by atoms with Gasteiger partial charge in [-0.25, -0.2) is 14.2 Å². The molecule has 20 heavy (non-hydrogen) atoms. The van der Waals surface area contributed by atoms with Crippen molar-refractivity contribution in [3.8, 4) is 0 Å². The Balaban J connectivity index is 1.87.